The molecule has 3 heteroatoms. The Hall–Kier alpha value is -0.700. The van der Waals surface area contributed by atoms with Crippen molar-refractivity contribution in [1.29, 1.82) is 0 Å². The number of hydrogen-bond acceptors (Lipinski definition) is 2. The fraction of sp³-hybridized carbons (Fsp3) is 0.571. The summed E-state index contributed by atoms with van der Waals surface area (Å²) in [6, 6.07) is 1.59. The van der Waals surface area contributed by atoms with E-state index in [0.717, 1.165) is 54.1 Å². The van der Waals surface area contributed by atoms with Crippen LogP contribution in [0, 0.1) is 0 Å². The fourth-order valence-electron chi connectivity index (χ4n) is 1.96. The van der Waals surface area contributed by atoms with Crippen LogP contribution in [0.4, 0.5) is 0 Å². The maximum Gasteiger partial charge on any atom is 0.161 e. The van der Waals surface area contributed by atoms with Gasteiger partial charge in [-0.2, -0.15) is 0 Å². The highest BCUT2D eigenvalue weighted by molar-refractivity contribution is 9.10. The minimum Gasteiger partial charge on any atom is -0.504 e. The van der Waals surface area contributed by atoms with Gasteiger partial charge < -0.3 is 10.2 Å². The Balaban J connectivity index is 3.09. The van der Waals surface area contributed by atoms with Gasteiger partial charge in [-0.25, -0.2) is 0 Å². The molecule has 2 nitrogen and oxygen atoms in total. The molecular weight excluding hydrogens is 280 g/mol. The van der Waals surface area contributed by atoms with Crippen molar-refractivity contribution in [2.24, 2.45) is 0 Å². The van der Waals surface area contributed by atoms with E-state index in [1.807, 2.05) is 0 Å². The van der Waals surface area contributed by atoms with Crippen molar-refractivity contribution in [3.63, 3.8) is 0 Å². The Labute approximate surface area is 112 Å². The van der Waals surface area contributed by atoms with E-state index in [9.17, 15) is 10.2 Å². The Morgan fingerprint density at radius 1 is 1.00 bits per heavy atom. The molecule has 0 heterocycles. The molecule has 0 aromatic heterocycles. The maximum absolute atomic E-state index is 9.96. The van der Waals surface area contributed by atoms with Gasteiger partial charge in [0.05, 0.1) is 0 Å². The summed E-state index contributed by atoms with van der Waals surface area (Å²) in [4.78, 5) is 0. The predicted molar refractivity (Wildman–Crippen MR) is 74.7 cm³/mol. The van der Waals surface area contributed by atoms with Crippen LogP contribution in [0.15, 0.2) is 10.5 Å². The van der Waals surface area contributed by atoms with Crippen molar-refractivity contribution in [3.05, 3.63) is 21.7 Å². The van der Waals surface area contributed by atoms with Crippen molar-refractivity contribution in [1.82, 2.24) is 0 Å². The molecule has 0 bridgehead atoms. The minimum absolute atomic E-state index is 0.0248. The summed E-state index contributed by atoms with van der Waals surface area (Å²) in [5.74, 6) is 0.0379. The third kappa shape index (κ3) is 3.63. The van der Waals surface area contributed by atoms with Gasteiger partial charge in [0.1, 0.15) is 0 Å². The van der Waals surface area contributed by atoms with Crippen LogP contribution in [-0.4, -0.2) is 10.2 Å². The molecule has 1 aromatic rings. The van der Waals surface area contributed by atoms with Crippen molar-refractivity contribution in [2.45, 2.75) is 52.4 Å². The molecule has 1 rings (SSSR count). The van der Waals surface area contributed by atoms with Gasteiger partial charge in [-0.1, -0.05) is 42.6 Å². The maximum atomic E-state index is 9.96. The number of hydrogen-bond donors (Lipinski definition) is 2. The van der Waals surface area contributed by atoms with Crippen LogP contribution in [-0.2, 0) is 12.8 Å². The lowest BCUT2D eigenvalue weighted by molar-refractivity contribution is 0.397. The highest BCUT2D eigenvalue weighted by Gasteiger charge is 2.15. The third-order valence-corrected chi connectivity index (χ3v) is 3.71. The topological polar surface area (TPSA) is 40.5 Å². The van der Waals surface area contributed by atoms with Gasteiger partial charge >= 0.3 is 0 Å². The number of benzene rings is 1. The fourth-order valence-corrected chi connectivity index (χ4v) is 2.62. The molecule has 0 aliphatic carbocycles. The van der Waals surface area contributed by atoms with Gasteiger partial charge in [-0.05, 0) is 37.3 Å². The van der Waals surface area contributed by atoms with Crippen molar-refractivity contribution in [2.75, 3.05) is 0 Å². The van der Waals surface area contributed by atoms with Crippen molar-refractivity contribution >= 4 is 15.9 Å². The molecule has 17 heavy (non-hydrogen) atoms. The lowest BCUT2D eigenvalue weighted by atomic mass is 9.96. The molecule has 0 amide bonds. The highest BCUT2D eigenvalue weighted by atomic mass is 79.9. The van der Waals surface area contributed by atoms with E-state index in [2.05, 4.69) is 29.8 Å². The first kappa shape index (κ1) is 14.4. The summed E-state index contributed by atoms with van der Waals surface area (Å²) in [5.41, 5.74) is 2.06. The monoisotopic (exact) mass is 300 g/mol. The lowest BCUT2D eigenvalue weighted by Crippen LogP contribution is -1.97. The Morgan fingerprint density at radius 3 is 2.06 bits per heavy atom. The summed E-state index contributed by atoms with van der Waals surface area (Å²) in [7, 11) is 0. The second-order valence-corrected chi connectivity index (χ2v) is 5.24. The molecule has 0 atom stereocenters. The first-order valence-corrected chi connectivity index (χ1v) is 7.13. The Morgan fingerprint density at radius 2 is 1.53 bits per heavy atom. The molecule has 0 saturated heterocycles. The van der Waals surface area contributed by atoms with E-state index >= 15 is 0 Å². The number of unbranched alkanes of at least 4 members (excludes halogenated alkanes) is 2. The molecule has 0 spiro atoms. The molecule has 2 N–H and O–H groups in total. The summed E-state index contributed by atoms with van der Waals surface area (Å²) in [5, 5.41) is 19.6. The Bertz CT molecular complexity index is 375. The molecule has 0 aliphatic heterocycles. The quantitative estimate of drug-likeness (QED) is 0.757. The van der Waals surface area contributed by atoms with Crippen LogP contribution in [0.5, 0.6) is 11.5 Å². The molecule has 96 valence electrons. The van der Waals surface area contributed by atoms with Gasteiger partial charge in [-0.3, -0.25) is 0 Å². The average Bonchev–Trinajstić information content (AvgIpc) is 2.30. The van der Waals surface area contributed by atoms with Gasteiger partial charge in [0.2, 0.25) is 0 Å². The van der Waals surface area contributed by atoms with Crippen LogP contribution in [0.1, 0.15) is 50.7 Å². The lowest BCUT2D eigenvalue weighted by Gasteiger charge is -2.14. The summed E-state index contributed by atoms with van der Waals surface area (Å²) < 4.78 is 0.910. The van der Waals surface area contributed by atoms with E-state index in [1.165, 1.54) is 0 Å². The predicted octanol–water partition coefficient (Wildman–Crippen LogP) is 4.55. The largest absolute Gasteiger partial charge is 0.504 e. The first-order valence-electron chi connectivity index (χ1n) is 6.33. The zero-order valence-electron chi connectivity index (χ0n) is 10.6. The molecule has 0 radical (unpaired) electrons. The van der Waals surface area contributed by atoms with Crippen LogP contribution in [0.3, 0.4) is 0 Å². The minimum atomic E-state index is -0.0248. The second-order valence-electron chi connectivity index (χ2n) is 4.39. The number of aromatic hydroxyl groups is 2. The number of rotatable bonds is 6. The molecule has 0 saturated carbocycles. The van der Waals surface area contributed by atoms with Crippen LogP contribution in [0.25, 0.3) is 0 Å². The standard InChI is InChI=1S/C14H21BrO2/c1-3-5-7-10-11(8-6-4-2)14(17)13(16)9-12(10)15/h9,16-17H,3-8H2,1-2H3. The smallest absolute Gasteiger partial charge is 0.161 e. The third-order valence-electron chi connectivity index (χ3n) is 3.01. The van der Waals surface area contributed by atoms with Crippen molar-refractivity contribution in [3.8, 4) is 11.5 Å². The molecule has 0 fully saturated rings. The zero-order chi connectivity index (χ0) is 12.8. The summed E-state index contributed by atoms with van der Waals surface area (Å²) in [6.07, 6.45) is 6.12. The molecular formula is C14H21BrO2. The first-order chi connectivity index (χ1) is 8.11. The SMILES string of the molecule is CCCCc1c(Br)cc(O)c(O)c1CCCC. The van der Waals surface area contributed by atoms with E-state index in [0.29, 0.717) is 0 Å². The normalized spacial score (nSPS) is 10.8. The second kappa shape index (κ2) is 6.90. The molecule has 1 aromatic carbocycles. The van der Waals surface area contributed by atoms with E-state index in [1.54, 1.807) is 6.07 Å². The zero-order valence-corrected chi connectivity index (χ0v) is 12.2. The van der Waals surface area contributed by atoms with Crippen LogP contribution in [0.2, 0.25) is 0 Å². The van der Waals surface area contributed by atoms with Gasteiger partial charge in [0.25, 0.3) is 0 Å². The number of phenols is 2. The van der Waals surface area contributed by atoms with E-state index in [4.69, 9.17) is 0 Å². The van der Waals surface area contributed by atoms with Gasteiger partial charge in [0, 0.05) is 10.0 Å². The summed E-state index contributed by atoms with van der Waals surface area (Å²) >= 11 is 3.48. The van der Waals surface area contributed by atoms with E-state index in [-0.39, 0.29) is 11.5 Å². The van der Waals surface area contributed by atoms with Gasteiger partial charge in [-0.15, -0.1) is 0 Å². The Kier molecular flexibility index (Phi) is 5.83. The number of halogens is 1. The number of phenolic OH excluding ortho intramolecular Hbond substituents is 2. The average molecular weight is 301 g/mol. The van der Waals surface area contributed by atoms with Crippen molar-refractivity contribution < 1.29 is 10.2 Å². The summed E-state index contributed by atoms with van der Waals surface area (Å²) in [6.45, 7) is 4.28. The van der Waals surface area contributed by atoms with E-state index < -0.39 is 0 Å². The molecule has 0 unspecified atom stereocenters. The van der Waals surface area contributed by atoms with Crippen LogP contribution >= 0.6 is 15.9 Å². The highest BCUT2D eigenvalue weighted by Crippen LogP contribution is 2.38. The van der Waals surface area contributed by atoms with Gasteiger partial charge in [0.15, 0.2) is 11.5 Å². The van der Waals surface area contributed by atoms with Crippen LogP contribution < -0.4 is 0 Å². The molecule has 0 aliphatic rings.